The van der Waals surface area contributed by atoms with Crippen molar-refractivity contribution in [3.8, 4) is 0 Å². The molecule has 0 radical (unpaired) electrons. The Balaban J connectivity index is 2.23. The smallest absolute Gasteiger partial charge is 0.251 e. The maximum Gasteiger partial charge on any atom is 0.251 e. The zero-order valence-electron chi connectivity index (χ0n) is 12.5. The van der Waals surface area contributed by atoms with Gasteiger partial charge in [-0.1, -0.05) is 38.8 Å². The van der Waals surface area contributed by atoms with Crippen molar-refractivity contribution in [2.75, 3.05) is 6.54 Å². The molecule has 0 bridgehead atoms. The third-order valence-corrected chi connectivity index (χ3v) is 4.17. The van der Waals surface area contributed by atoms with Crippen LogP contribution in [0.2, 0.25) is 0 Å². The van der Waals surface area contributed by atoms with Gasteiger partial charge in [-0.15, -0.1) is 0 Å². The minimum atomic E-state index is -0.463. The second-order valence-corrected chi connectivity index (χ2v) is 5.70. The van der Waals surface area contributed by atoms with Crippen molar-refractivity contribution in [1.82, 2.24) is 5.32 Å². The molecule has 1 aliphatic heterocycles. The van der Waals surface area contributed by atoms with E-state index in [0.717, 1.165) is 48.8 Å². The largest absolute Gasteiger partial charge is 0.388 e. The van der Waals surface area contributed by atoms with Gasteiger partial charge in [0.25, 0.3) is 5.91 Å². The van der Waals surface area contributed by atoms with Crippen LogP contribution in [0, 0.1) is 5.92 Å². The van der Waals surface area contributed by atoms with Gasteiger partial charge in [-0.25, -0.2) is 0 Å². The second kappa shape index (κ2) is 6.89. The number of benzene rings is 1. The number of aliphatic hydroxyl groups excluding tert-OH is 1. The van der Waals surface area contributed by atoms with E-state index in [9.17, 15) is 9.90 Å². The number of carbonyl (C=O) groups is 1. The summed E-state index contributed by atoms with van der Waals surface area (Å²) in [6.45, 7) is 5.01. The summed E-state index contributed by atoms with van der Waals surface area (Å²) in [5.41, 5.74) is 2.71. The van der Waals surface area contributed by atoms with Gasteiger partial charge in [-0.05, 0) is 42.4 Å². The van der Waals surface area contributed by atoms with E-state index in [-0.39, 0.29) is 11.8 Å². The van der Waals surface area contributed by atoms with Gasteiger partial charge >= 0.3 is 0 Å². The van der Waals surface area contributed by atoms with E-state index in [4.69, 9.17) is 0 Å². The molecule has 1 aliphatic rings. The first-order chi connectivity index (χ1) is 9.67. The Labute approximate surface area is 121 Å². The molecular weight excluding hydrogens is 250 g/mol. The van der Waals surface area contributed by atoms with Crippen LogP contribution in [0.1, 0.15) is 67.1 Å². The summed E-state index contributed by atoms with van der Waals surface area (Å²) in [5.74, 6) is 0.275. The highest BCUT2D eigenvalue weighted by molar-refractivity contribution is 5.96. The van der Waals surface area contributed by atoms with Crippen LogP contribution in [0.3, 0.4) is 0 Å². The molecule has 2 N–H and O–H groups in total. The fraction of sp³-hybridized carbons (Fsp3) is 0.588. The molecule has 0 saturated carbocycles. The molecule has 0 aliphatic carbocycles. The topological polar surface area (TPSA) is 49.3 Å². The van der Waals surface area contributed by atoms with Crippen molar-refractivity contribution in [2.45, 2.75) is 52.1 Å². The molecule has 1 heterocycles. The first-order valence-electron chi connectivity index (χ1n) is 7.76. The van der Waals surface area contributed by atoms with Crippen LogP contribution in [0.25, 0.3) is 0 Å². The summed E-state index contributed by atoms with van der Waals surface area (Å²) < 4.78 is 0. The lowest BCUT2D eigenvalue weighted by Crippen LogP contribution is -2.32. The molecule has 1 aromatic carbocycles. The minimum Gasteiger partial charge on any atom is -0.388 e. The lowest BCUT2D eigenvalue weighted by atomic mass is 9.86. The normalized spacial score (nSPS) is 15.9. The first kappa shape index (κ1) is 15.0. The van der Waals surface area contributed by atoms with Gasteiger partial charge in [-0.2, -0.15) is 0 Å². The summed E-state index contributed by atoms with van der Waals surface area (Å²) in [6, 6.07) is 5.87. The van der Waals surface area contributed by atoms with Crippen LogP contribution < -0.4 is 5.32 Å². The minimum absolute atomic E-state index is 0.0113. The van der Waals surface area contributed by atoms with Crippen molar-refractivity contribution < 1.29 is 9.90 Å². The van der Waals surface area contributed by atoms with Crippen LogP contribution >= 0.6 is 0 Å². The molecule has 1 aromatic rings. The molecule has 0 spiro atoms. The number of rotatable bonds is 6. The Bertz CT molecular complexity index is 464. The molecule has 110 valence electrons. The van der Waals surface area contributed by atoms with Gasteiger partial charge in [0.15, 0.2) is 0 Å². The van der Waals surface area contributed by atoms with Crippen LogP contribution in [0.5, 0.6) is 0 Å². The van der Waals surface area contributed by atoms with Crippen molar-refractivity contribution in [3.63, 3.8) is 0 Å². The van der Waals surface area contributed by atoms with E-state index < -0.39 is 6.10 Å². The quantitative estimate of drug-likeness (QED) is 0.837. The Morgan fingerprint density at radius 1 is 1.25 bits per heavy atom. The van der Waals surface area contributed by atoms with E-state index in [2.05, 4.69) is 19.2 Å². The number of nitrogens with one attached hydrogen (secondary N) is 1. The van der Waals surface area contributed by atoms with Crippen molar-refractivity contribution in [2.24, 2.45) is 5.92 Å². The molecule has 2 rings (SSSR count). The second-order valence-electron chi connectivity index (χ2n) is 5.70. The van der Waals surface area contributed by atoms with Crippen LogP contribution in [0.4, 0.5) is 0 Å². The lowest BCUT2D eigenvalue weighted by molar-refractivity contribution is 0.0933. The Morgan fingerprint density at radius 3 is 2.60 bits per heavy atom. The van der Waals surface area contributed by atoms with Crippen molar-refractivity contribution >= 4 is 5.91 Å². The van der Waals surface area contributed by atoms with Gasteiger partial charge in [0.1, 0.15) is 0 Å². The molecular formula is C17H25NO2. The zero-order chi connectivity index (χ0) is 14.5. The molecule has 20 heavy (non-hydrogen) atoms. The summed E-state index contributed by atoms with van der Waals surface area (Å²) in [7, 11) is 0. The predicted molar refractivity (Wildman–Crippen MR) is 80.7 cm³/mol. The van der Waals surface area contributed by atoms with Crippen molar-refractivity contribution in [1.29, 1.82) is 0 Å². The van der Waals surface area contributed by atoms with Crippen LogP contribution in [-0.2, 0) is 6.42 Å². The highest BCUT2D eigenvalue weighted by Crippen LogP contribution is 2.31. The van der Waals surface area contributed by atoms with Gasteiger partial charge in [0.05, 0.1) is 6.10 Å². The summed E-state index contributed by atoms with van der Waals surface area (Å²) >= 11 is 0. The monoisotopic (exact) mass is 275 g/mol. The van der Waals surface area contributed by atoms with Gasteiger partial charge in [-0.3, -0.25) is 4.79 Å². The van der Waals surface area contributed by atoms with E-state index in [1.54, 1.807) is 0 Å². The number of fused-ring (bicyclic) bond motifs is 1. The maximum absolute atomic E-state index is 11.9. The highest BCUT2D eigenvalue weighted by atomic mass is 16.3. The lowest BCUT2D eigenvalue weighted by Gasteiger charge is -2.24. The Hall–Kier alpha value is -1.35. The fourth-order valence-corrected chi connectivity index (χ4v) is 3.09. The fourth-order valence-electron chi connectivity index (χ4n) is 3.09. The molecule has 0 aromatic heterocycles. The summed E-state index contributed by atoms with van der Waals surface area (Å²) in [4.78, 5) is 11.9. The number of amides is 1. The molecule has 3 nitrogen and oxygen atoms in total. The van der Waals surface area contributed by atoms with E-state index >= 15 is 0 Å². The molecule has 1 amide bonds. The number of aliphatic hydroxyl groups is 1. The van der Waals surface area contributed by atoms with E-state index in [0.29, 0.717) is 6.54 Å². The Morgan fingerprint density at radius 2 is 1.95 bits per heavy atom. The molecule has 0 fully saturated rings. The SMILES string of the molecule is CCCC(CCC)C(O)c1ccc2c(c1)C(=O)NCC2. The highest BCUT2D eigenvalue weighted by Gasteiger charge is 2.23. The third-order valence-electron chi connectivity index (χ3n) is 4.17. The molecule has 1 unspecified atom stereocenters. The number of hydrogen-bond acceptors (Lipinski definition) is 2. The van der Waals surface area contributed by atoms with Crippen LogP contribution in [0.15, 0.2) is 18.2 Å². The third kappa shape index (κ3) is 3.21. The standard InChI is InChI=1S/C17H25NO2/c1-3-5-13(6-4-2)16(19)14-8-7-12-9-10-18-17(20)15(12)11-14/h7-8,11,13,16,19H,3-6,9-10H2,1-2H3,(H,18,20). The zero-order valence-corrected chi connectivity index (χ0v) is 12.5. The average Bonchev–Trinajstić information content (AvgIpc) is 2.46. The van der Waals surface area contributed by atoms with Crippen molar-refractivity contribution in [3.05, 3.63) is 34.9 Å². The summed E-state index contributed by atoms with van der Waals surface area (Å²) in [5, 5.41) is 13.5. The maximum atomic E-state index is 11.9. The average molecular weight is 275 g/mol. The molecule has 0 saturated heterocycles. The predicted octanol–water partition coefficient (Wildman–Crippen LogP) is 3.22. The van der Waals surface area contributed by atoms with Gasteiger partial charge in [0, 0.05) is 12.1 Å². The van der Waals surface area contributed by atoms with E-state index in [1.807, 2.05) is 18.2 Å². The first-order valence-corrected chi connectivity index (χ1v) is 7.76. The van der Waals surface area contributed by atoms with Gasteiger partial charge in [0.2, 0.25) is 0 Å². The van der Waals surface area contributed by atoms with E-state index in [1.165, 1.54) is 0 Å². The summed E-state index contributed by atoms with van der Waals surface area (Å²) in [6.07, 6.45) is 4.62. The Kier molecular flexibility index (Phi) is 5.18. The van der Waals surface area contributed by atoms with Gasteiger partial charge < -0.3 is 10.4 Å². The number of carbonyl (C=O) groups excluding carboxylic acids is 1. The molecule has 1 atom stereocenters. The van der Waals surface area contributed by atoms with Crippen LogP contribution in [-0.4, -0.2) is 17.6 Å². The number of hydrogen-bond donors (Lipinski definition) is 2. The molecule has 3 heteroatoms.